The second kappa shape index (κ2) is 2.84. The van der Waals surface area contributed by atoms with Crippen molar-refractivity contribution in [2.45, 2.75) is 38.3 Å². The largest absolute Gasteiger partial charge is 0.303 e. The molecule has 2 aliphatic rings. The van der Waals surface area contributed by atoms with Gasteiger partial charge in [0.05, 0.1) is 0 Å². The van der Waals surface area contributed by atoms with Gasteiger partial charge in [-0.05, 0) is 32.2 Å². The molecular weight excluding hydrogens is 150 g/mol. The zero-order valence-electron chi connectivity index (χ0n) is 7.86. The SMILES string of the molecule is CC1CC2CCC(C1C=O)N2C. The molecule has 68 valence electrons. The number of nitrogens with zero attached hydrogens (tertiary/aromatic N) is 1. The monoisotopic (exact) mass is 167 g/mol. The Balaban J connectivity index is 2.19. The van der Waals surface area contributed by atoms with Crippen molar-refractivity contribution in [1.82, 2.24) is 4.90 Å². The van der Waals surface area contributed by atoms with Crippen molar-refractivity contribution in [2.24, 2.45) is 11.8 Å². The molecule has 12 heavy (non-hydrogen) atoms. The minimum absolute atomic E-state index is 0.300. The Bertz CT molecular complexity index is 192. The van der Waals surface area contributed by atoms with Gasteiger partial charge in [-0.15, -0.1) is 0 Å². The molecule has 2 aliphatic heterocycles. The zero-order valence-corrected chi connectivity index (χ0v) is 7.86. The molecule has 0 saturated carbocycles. The summed E-state index contributed by atoms with van der Waals surface area (Å²) in [6.45, 7) is 2.22. The predicted molar refractivity (Wildman–Crippen MR) is 47.9 cm³/mol. The minimum atomic E-state index is 0.300. The van der Waals surface area contributed by atoms with Gasteiger partial charge in [-0.3, -0.25) is 4.90 Å². The molecule has 0 aromatic heterocycles. The first-order valence-corrected chi connectivity index (χ1v) is 4.91. The molecule has 0 spiro atoms. The molecule has 0 aliphatic carbocycles. The van der Waals surface area contributed by atoms with Crippen LogP contribution in [0.1, 0.15) is 26.2 Å². The maximum Gasteiger partial charge on any atom is 0.124 e. The quantitative estimate of drug-likeness (QED) is 0.549. The van der Waals surface area contributed by atoms with E-state index in [0.29, 0.717) is 17.9 Å². The van der Waals surface area contributed by atoms with Crippen molar-refractivity contribution in [3.8, 4) is 0 Å². The zero-order chi connectivity index (χ0) is 8.72. The van der Waals surface area contributed by atoms with E-state index in [1.807, 2.05) is 0 Å². The van der Waals surface area contributed by atoms with E-state index < -0.39 is 0 Å². The van der Waals surface area contributed by atoms with Crippen LogP contribution in [-0.2, 0) is 4.79 Å². The molecule has 0 aromatic carbocycles. The van der Waals surface area contributed by atoms with Crippen molar-refractivity contribution in [1.29, 1.82) is 0 Å². The van der Waals surface area contributed by atoms with Gasteiger partial charge in [-0.25, -0.2) is 0 Å². The highest BCUT2D eigenvalue weighted by Gasteiger charge is 2.43. The molecule has 0 aromatic rings. The maximum absolute atomic E-state index is 10.9. The van der Waals surface area contributed by atoms with E-state index in [1.165, 1.54) is 25.5 Å². The van der Waals surface area contributed by atoms with Crippen LogP contribution >= 0.6 is 0 Å². The van der Waals surface area contributed by atoms with Gasteiger partial charge in [0, 0.05) is 18.0 Å². The Kier molecular flexibility index (Phi) is 1.95. The average Bonchev–Trinajstić information content (AvgIpc) is 2.34. The van der Waals surface area contributed by atoms with E-state index in [-0.39, 0.29) is 0 Å². The molecule has 4 atom stereocenters. The van der Waals surface area contributed by atoms with Crippen LogP contribution in [0.2, 0.25) is 0 Å². The molecule has 2 rings (SSSR count). The van der Waals surface area contributed by atoms with Crippen molar-refractivity contribution < 1.29 is 4.79 Å². The first kappa shape index (κ1) is 8.24. The Hall–Kier alpha value is -0.370. The molecule has 4 unspecified atom stereocenters. The van der Waals surface area contributed by atoms with E-state index in [0.717, 1.165) is 6.04 Å². The van der Waals surface area contributed by atoms with Gasteiger partial charge in [-0.2, -0.15) is 0 Å². The van der Waals surface area contributed by atoms with Crippen LogP contribution < -0.4 is 0 Å². The number of fused-ring (bicyclic) bond motifs is 2. The summed E-state index contributed by atoms with van der Waals surface area (Å²) in [6.07, 6.45) is 4.93. The molecule has 2 bridgehead atoms. The highest BCUT2D eigenvalue weighted by atomic mass is 16.1. The average molecular weight is 167 g/mol. The summed E-state index contributed by atoms with van der Waals surface area (Å²) in [4.78, 5) is 13.3. The minimum Gasteiger partial charge on any atom is -0.303 e. The lowest BCUT2D eigenvalue weighted by Crippen LogP contribution is -2.46. The van der Waals surface area contributed by atoms with Crippen molar-refractivity contribution in [2.75, 3.05) is 7.05 Å². The van der Waals surface area contributed by atoms with Crippen LogP contribution in [0.25, 0.3) is 0 Å². The smallest absolute Gasteiger partial charge is 0.124 e. The molecule has 0 N–H and O–H groups in total. The van der Waals surface area contributed by atoms with Crippen LogP contribution in [0.15, 0.2) is 0 Å². The first-order chi connectivity index (χ1) is 5.74. The molecule has 2 heteroatoms. The van der Waals surface area contributed by atoms with Gasteiger partial charge in [-0.1, -0.05) is 6.92 Å². The standard InChI is InChI=1S/C10H17NO/c1-7-5-8-3-4-10(11(8)2)9(7)6-12/h6-10H,3-5H2,1-2H3. The third-order valence-corrected chi connectivity index (χ3v) is 3.80. The summed E-state index contributed by atoms with van der Waals surface area (Å²) in [5.41, 5.74) is 0. The topological polar surface area (TPSA) is 20.3 Å². The number of hydrogen-bond donors (Lipinski definition) is 0. The maximum atomic E-state index is 10.9. The normalized spacial score (nSPS) is 47.8. The molecular formula is C10H17NO. The fraction of sp³-hybridized carbons (Fsp3) is 0.900. The molecule has 2 heterocycles. The Morgan fingerprint density at radius 1 is 1.42 bits per heavy atom. The lowest BCUT2D eigenvalue weighted by Gasteiger charge is -2.39. The number of hydrogen-bond acceptors (Lipinski definition) is 2. The van der Waals surface area contributed by atoms with Crippen molar-refractivity contribution in [3.63, 3.8) is 0 Å². The Labute approximate surface area is 73.9 Å². The summed E-state index contributed by atoms with van der Waals surface area (Å²) >= 11 is 0. The summed E-state index contributed by atoms with van der Waals surface area (Å²) in [5.74, 6) is 0.907. The van der Waals surface area contributed by atoms with Crippen LogP contribution in [0.5, 0.6) is 0 Å². The van der Waals surface area contributed by atoms with Gasteiger partial charge < -0.3 is 4.79 Å². The molecule has 0 amide bonds. The number of piperidine rings is 1. The van der Waals surface area contributed by atoms with Crippen molar-refractivity contribution in [3.05, 3.63) is 0 Å². The number of aldehydes is 1. The van der Waals surface area contributed by atoms with Gasteiger partial charge in [0.25, 0.3) is 0 Å². The summed E-state index contributed by atoms with van der Waals surface area (Å²) in [6, 6.07) is 1.32. The van der Waals surface area contributed by atoms with Crippen molar-refractivity contribution >= 4 is 6.29 Å². The lowest BCUT2D eigenvalue weighted by atomic mass is 9.82. The Morgan fingerprint density at radius 2 is 2.17 bits per heavy atom. The molecule has 2 nitrogen and oxygen atoms in total. The van der Waals surface area contributed by atoms with Gasteiger partial charge >= 0.3 is 0 Å². The number of rotatable bonds is 1. The third kappa shape index (κ3) is 1.01. The second-order valence-corrected chi connectivity index (χ2v) is 4.39. The van der Waals surface area contributed by atoms with E-state index in [1.54, 1.807) is 0 Å². The van der Waals surface area contributed by atoms with Crippen LogP contribution in [0.4, 0.5) is 0 Å². The highest BCUT2D eigenvalue weighted by Crippen LogP contribution is 2.40. The van der Waals surface area contributed by atoms with Gasteiger partial charge in [0.15, 0.2) is 0 Å². The summed E-state index contributed by atoms with van der Waals surface area (Å²) in [7, 11) is 2.17. The third-order valence-electron chi connectivity index (χ3n) is 3.80. The fourth-order valence-electron chi connectivity index (χ4n) is 2.98. The Morgan fingerprint density at radius 3 is 2.83 bits per heavy atom. The molecule has 2 saturated heterocycles. The lowest BCUT2D eigenvalue weighted by molar-refractivity contribution is -0.116. The van der Waals surface area contributed by atoms with E-state index in [9.17, 15) is 4.79 Å². The predicted octanol–water partition coefficient (Wildman–Crippen LogP) is 1.30. The molecule has 2 fully saturated rings. The van der Waals surface area contributed by atoms with Gasteiger partial charge in [0.2, 0.25) is 0 Å². The van der Waals surface area contributed by atoms with Crippen LogP contribution in [0, 0.1) is 11.8 Å². The number of carbonyl (C=O) groups excluding carboxylic acids is 1. The fourth-order valence-corrected chi connectivity index (χ4v) is 2.98. The van der Waals surface area contributed by atoms with Crippen LogP contribution in [0.3, 0.4) is 0 Å². The second-order valence-electron chi connectivity index (χ2n) is 4.39. The van der Waals surface area contributed by atoms with E-state index >= 15 is 0 Å². The molecule has 0 radical (unpaired) electrons. The first-order valence-electron chi connectivity index (χ1n) is 4.91. The van der Waals surface area contributed by atoms with E-state index in [2.05, 4.69) is 18.9 Å². The highest BCUT2D eigenvalue weighted by molar-refractivity contribution is 5.56. The van der Waals surface area contributed by atoms with Gasteiger partial charge in [0.1, 0.15) is 6.29 Å². The van der Waals surface area contributed by atoms with E-state index in [4.69, 9.17) is 0 Å². The summed E-state index contributed by atoms with van der Waals surface area (Å²) in [5, 5.41) is 0. The van der Waals surface area contributed by atoms with Crippen LogP contribution in [-0.4, -0.2) is 30.3 Å². The number of carbonyl (C=O) groups is 1. The summed E-state index contributed by atoms with van der Waals surface area (Å²) < 4.78 is 0.